The number of alkyl halides is 3. The molecule has 3 aromatic rings. The highest BCUT2D eigenvalue weighted by molar-refractivity contribution is 7.13. The predicted octanol–water partition coefficient (Wildman–Crippen LogP) is 4.87. The van der Waals surface area contributed by atoms with Gasteiger partial charge in [-0.05, 0) is 37.1 Å². The molecule has 0 spiro atoms. The predicted molar refractivity (Wildman–Crippen MR) is 128 cm³/mol. The van der Waals surface area contributed by atoms with E-state index < -0.39 is 47.5 Å². The molecule has 4 heterocycles. The summed E-state index contributed by atoms with van der Waals surface area (Å²) in [7, 11) is 0. The zero-order valence-electron chi connectivity index (χ0n) is 19.8. The van der Waals surface area contributed by atoms with Crippen LogP contribution in [0, 0.1) is 11.6 Å². The number of halogens is 5. The first kappa shape index (κ1) is 26.0. The van der Waals surface area contributed by atoms with E-state index in [0.29, 0.717) is 37.7 Å². The van der Waals surface area contributed by atoms with Gasteiger partial charge in [0.05, 0.1) is 15.4 Å². The summed E-state index contributed by atoms with van der Waals surface area (Å²) in [4.78, 5) is 36.8. The fourth-order valence-corrected chi connectivity index (χ4v) is 5.68. The molecule has 1 saturated heterocycles. The van der Waals surface area contributed by atoms with Crippen LogP contribution < -0.4 is 5.56 Å². The van der Waals surface area contributed by atoms with E-state index in [1.807, 2.05) is 0 Å². The van der Waals surface area contributed by atoms with E-state index in [1.54, 1.807) is 6.20 Å². The van der Waals surface area contributed by atoms with Crippen molar-refractivity contribution in [1.82, 2.24) is 14.5 Å². The summed E-state index contributed by atoms with van der Waals surface area (Å²) in [5.41, 5.74) is -2.19. The third-order valence-electron chi connectivity index (χ3n) is 6.63. The molecule has 0 bridgehead atoms. The Morgan fingerprint density at radius 2 is 1.82 bits per heavy atom. The summed E-state index contributed by atoms with van der Waals surface area (Å²) in [6.45, 7) is 0.258. The summed E-state index contributed by atoms with van der Waals surface area (Å²) < 4.78 is 68.0. The number of benzene rings is 1. The van der Waals surface area contributed by atoms with E-state index in [-0.39, 0.29) is 17.9 Å². The van der Waals surface area contributed by atoms with Gasteiger partial charge in [-0.3, -0.25) is 9.59 Å². The number of carbonyl (C=O) groups is 1. The first-order valence-corrected chi connectivity index (χ1v) is 12.6. The number of nitrogens with zero attached hydrogens (tertiary/aromatic N) is 4. The lowest BCUT2D eigenvalue weighted by molar-refractivity contribution is -0.139. The Morgan fingerprint density at radius 1 is 1.11 bits per heavy atom. The van der Waals surface area contributed by atoms with Gasteiger partial charge in [-0.2, -0.15) is 13.2 Å². The van der Waals surface area contributed by atoms with E-state index in [4.69, 9.17) is 4.84 Å². The van der Waals surface area contributed by atoms with Gasteiger partial charge in [0, 0.05) is 37.8 Å². The molecule has 0 saturated carbocycles. The van der Waals surface area contributed by atoms with Crippen LogP contribution in [0.2, 0.25) is 0 Å². The summed E-state index contributed by atoms with van der Waals surface area (Å²) in [5.74, 6) is -1.78. The van der Waals surface area contributed by atoms with Crippen LogP contribution in [0.15, 0.2) is 52.7 Å². The number of rotatable bonds is 5. The fourth-order valence-electron chi connectivity index (χ4n) is 4.60. The van der Waals surface area contributed by atoms with Crippen molar-refractivity contribution in [1.29, 1.82) is 0 Å². The molecule has 5 rings (SSSR count). The van der Waals surface area contributed by atoms with Gasteiger partial charge in [0.2, 0.25) is 5.91 Å². The number of likely N-dealkylation sites (tertiary alicyclic amines) is 1. The first-order chi connectivity index (χ1) is 18.1. The molecule has 200 valence electrons. The largest absolute Gasteiger partial charge is 0.421 e. The number of pyridine rings is 1. The highest BCUT2D eigenvalue weighted by atomic mass is 32.1. The van der Waals surface area contributed by atoms with Gasteiger partial charge >= 0.3 is 6.18 Å². The second-order valence-electron chi connectivity index (χ2n) is 9.04. The molecule has 1 fully saturated rings. The second-order valence-corrected chi connectivity index (χ2v) is 10.1. The van der Waals surface area contributed by atoms with Gasteiger partial charge in [0.25, 0.3) is 5.56 Å². The van der Waals surface area contributed by atoms with Crippen molar-refractivity contribution in [3.63, 3.8) is 0 Å². The minimum atomic E-state index is -4.79. The SMILES string of the molecule is O=C(Cn1cccc(C(F)(F)F)c1=O)N1CCC(c2ncc(C3=NOC(c4c(F)cccc4F)C3)s2)CC1. The molecule has 38 heavy (non-hydrogen) atoms. The molecule has 0 N–H and O–H groups in total. The van der Waals surface area contributed by atoms with E-state index in [1.165, 1.54) is 40.6 Å². The topological polar surface area (TPSA) is 76.8 Å². The maximum Gasteiger partial charge on any atom is 0.421 e. The summed E-state index contributed by atoms with van der Waals surface area (Å²) in [6, 6.07) is 5.40. The standard InChI is InChI=1S/C25H21F5N4O3S/c26-16-4-1-5-17(27)22(16)19-11-18(32-37-19)20-12-31-23(38-20)14-6-9-33(10-7-14)21(35)13-34-8-2-3-15(24(34)36)25(28,29)30/h1-5,8,12,14,19H,6-7,9-11,13H2. The number of oxime groups is 1. The van der Waals surface area contributed by atoms with E-state index in [9.17, 15) is 31.5 Å². The van der Waals surface area contributed by atoms with E-state index in [2.05, 4.69) is 10.1 Å². The number of aromatic nitrogens is 2. The molecule has 1 aromatic carbocycles. The Hall–Kier alpha value is -3.61. The average Bonchev–Trinajstić information content (AvgIpc) is 3.55. The maximum atomic E-state index is 14.1. The van der Waals surface area contributed by atoms with Crippen molar-refractivity contribution in [3.8, 4) is 0 Å². The lowest BCUT2D eigenvalue weighted by atomic mass is 9.97. The van der Waals surface area contributed by atoms with Gasteiger partial charge in [0.15, 0.2) is 6.10 Å². The number of hydrogen-bond donors (Lipinski definition) is 0. The van der Waals surface area contributed by atoms with E-state index >= 15 is 0 Å². The maximum absolute atomic E-state index is 14.1. The number of thiazole rings is 1. The fraction of sp³-hybridized carbons (Fsp3) is 0.360. The van der Waals surface area contributed by atoms with Crippen molar-refractivity contribution in [2.45, 2.75) is 44.0 Å². The van der Waals surface area contributed by atoms with Crippen molar-refractivity contribution >= 4 is 23.0 Å². The third kappa shape index (κ3) is 5.19. The molecule has 1 amide bonds. The van der Waals surface area contributed by atoms with Crippen LogP contribution in [-0.4, -0.2) is 39.2 Å². The Morgan fingerprint density at radius 3 is 2.50 bits per heavy atom. The minimum Gasteiger partial charge on any atom is -0.387 e. The van der Waals surface area contributed by atoms with Crippen LogP contribution in [0.1, 0.15) is 52.3 Å². The van der Waals surface area contributed by atoms with Gasteiger partial charge in [0.1, 0.15) is 29.5 Å². The van der Waals surface area contributed by atoms with Crippen molar-refractivity contribution in [2.75, 3.05) is 13.1 Å². The van der Waals surface area contributed by atoms with Crippen LogP contribution in [0.3, 0.4) is 0 Å². The van der Waals surface area contributed by atoms with Gasteiger partial charge < -0.3 is 14.3 Å². The van der Waals surface area contributed by atoms with Gasteiger partial charge in [-0.1, -0.05) is 11.2 Å². The molecule has 13 heteroatoms. The molecule has 2 aliphatic rings. The molecule has 2 aromatic heterocycles. The quantitative estimate of drug-likeness (QED) is 0.423. The van der Waals surface area contributed by atoms with Crippen LogP contribution >= 0.6 is 11.3 Å². The zero-order chi connectivity index (χ0) is 27.0. The van der Waals surface area contributed by atoms with Crippen molar-refractivity contribution in [2.24, 2.45) is 5.16 Å². The van der Waals surface area contributed by atoms with Gasteiger partial charge in [-0.15, -0.1) is 11.3 Å². The molecule has 1 unspecified atom stereocenters. The Labute approximate surface area is 217 Å². The van der Waals surface area contributed by atoms with Crippen molar-refractivity contribution in [3.05, 3.63) is 85.7 Å². The monoisotopic (exact) mass is 552 g/mol. The molecule has 1 atom stereocenters. The second kappa shape index (κ2) is 10.3. The number of carbonyl (C=O) groups excluding carboxylic acids is 1. The average molecular weight is 553 g/mol. The van der Waals surface area contributed by atoms with Crippen LogP contribution in [-0.2, 0) is 22.4 Å². The van der Waals surface area contributed by atoms with Crippen LogP contribution in [0.25, 0.3) is 0 Å². The van der Waals surface area contributed by atoms with Crippen molar-refractivity contribution < 1.29 is 31.6 Å². The molecular weight excluding hydrogens is 531 g/mol. The number of hydrogen-bond acceptors (Lipinski definition) is 6. The zero-order valence-corrected chi connectivity index (χ0v) is 20.6. The summed E-state index contributed by atoms with van der Waals surface area (Å²) in [5, 5.41) is 4.83. The Balaban J connectivity index is 1.18. The molecule has 2 aliphatic heterocycles. The van der Waals surface area contributed by atoms with Crippen LogP contribution in [0.4, 0.5) is 22.0 Å². The lowest BCUT2D eigenvalue weighted by Crippen LogP contribution is -2.41. The Kier molecular flexibility index (Phi) is 7.03. The highest BCUT2D eigenvalue weighted by Crippen LogP contribution is 2.36. The number of amides is 1. The van der Waals surface area contributed by atoms with Crippen LogP contribution in [0.5, 0.6) is 0 Å². The summed E-state index contributed by atoms with van der Waals surface area (Å²) in [6.07, 6.45) is -1.49. The minimum absolute atomic E-state index is 0.0526. The highest BCUT2D eigenvalue weighted by Gasteiger charge is 2.35. The first-order valence-electron chi connectivity index (χ1n) is 11.8. The Bertz CT molecular complexity index is 1420. The number of piperidine rings is 1. The molecule has 0 aliphatic carbocycles. The molecule has 0 radical (unpaired) electrons. The third-order valence-corrected chi connectivity index (χ3v) is 7.84. The summed E-state index contributed by atoms with van der Waals surface area (Å²) >= 11 is 1.40. The molecule has 7 nitrogen and oxygen atoms in total. The smallest absolute Gasteiger partial charge is 0.387 e. The lowest BCUT2D eigenvalue weighted by Gasteiger charge is -2.31. The molecular formula is C25H21F5N4O3S. The normalized spacial score (nSPS) is 18.4. The van der Waals surface area contributed by atoms with Gasteiger partial charge in [-0.25, -0.2) is 13.8 Å². The van der Waals surface area contributed by atoms with E-state index in [0.717, 1.165) is 20.5 Å².